The van der Waals surface area contributed by atoms with Crippen LogP contribution in [0.3, 0.4) is 0 Å². The number of esters is 1. The molecular formula is C15H15ClFNO4. The molecule has 0 saturated carbocycles. The highest BCUT2D eigenvalue weighted by Gasteiger charge is 2.33. The van der Waals surface area contributed by atoms with Crippen LogP contribution in [0.15, 0.2) is 18.2 Å². The van der Waals surface area contributed by atoms with Crippen molar-refractivity contribution in [1.82, 2.24) is 4.90 Å². The van der Waals surface area contributed by atoms with E-state index >= 15 is 0 Å². The summed E-state index contributed by atoms with van der Waals surface area (Å²) in [5.74, 6) is -3.05. The lowest BCUT2D eigenvalue weighted by Crippen LogP contribution is -2.33. The number of ketones is 1. The van der Waals surface area contributed by atoms with E-state index in [4.69, 9.17) is 11.6 Å². The van der Waals surface area contributed by atoms with Crippen molar-refractivity contribution in [2.75, 3.05) is 20.2 Å². The van der Waals surface area contributed by atoms with Crippen LogP contribution in [-0.2, 0) is 14.3 Å². The molecule has 7 heteroatoms. The molecule has 0 spiro atoms. The first-order valence-corrected chi connectivity index (χ1v) is 7.17. The van der Waals surface area contributed by atoms with Gasteiger partial charge in [-0.05, 0) is 18.6 Å². The maximum Gasteiger partial charge on any atom is 0.316 e. The maximum absolute atomic E-state index is 13.8. The number of rotatable bonds is 2. The Labute approximate surface area is 132 Å². The van der Waals surface area contributed by atoms with E-state index < -0.39 is 23.6 Å². The Morgan fingerprint density at radius 2 is 2.09 bits per heavy atom. The number of hydrogen-bond donors (Lipinski definition) is 0. The van der Waals surface area contributed by atoms with Gasteiger partial charge in [0.25, 0.3) is 5.91 Å². The van der Waals surface area contributed by atoms with Gasteiger partial charge in [-0.2, -0.15) is 0 Å². The Balaban J connectivity index is 2.19. The fraction of sp³-hybridized carbons (Fsp3) is 0.400. The molecule has 1 saturated heterocycles. The van der Waals surface area contributed by atoms with E-state index in [-0.39, 0.29) is 42.3 Å². The summed E-state index contributed by atoms with van der Waals surface area (Å²) in [7, 11) is 1.21. The van der Waals surface area contributed by atoms with E-state index in [1.807, 2.05) is 0 Å². The van der Waals surface area contributed by atoms with Crippen LogP contribution < -0.4 is 0 Å². The van der Waals surface area contributed by atoms with E-state index in [2.05, 4.69) is 4.74 Å². The molecule has 1 amide bonds. The van der Waals surface area contributed by atoms with Gasteiger partial charge in [0, 0.05) is 19.5 Å². The van der Waals surface area contributed by atoms with Crippen LogP contribution >= 0.6 is 11.6 Å². The molecule has 1 aliphatic rings. The van der Waals surface area contributed by atoms with Crippen LogP contribution in [0, 0.1) is 11.7 Å². The average molecular weight is 328 g/mol. The zero-order valence-electron chi connectivity index (χ0n) is 12.0. The number of amides is 1. The van der Waals surface area contributed by atoms with Crippen molar-refractivity contribution < 1.29 is 23.5 Å². The summed E-state index contributed by atoms with van der Waals surface area (Å²) in [4.78, 5) is 37.2. The Morgan fingerprint density at radius 1 is 1.36 bits per heavy atom. The standard InChI is InChI=1S/C15H15ClFNO4/c1-22-15(21)9-5-7-18(8-6-12(9)19)14(20)13-10(16)3-2-4-11(13)17/h2-4,9H,5-8H2,1H3. The van der Waals surface area contributed by atoms with Gasteiger partial charge in [-0.1, -0.05) is 17.7 Å². The molecule has 0 radical (unpaired) electrons. The molecule has 1 aliphatic heterocycles. The number of benzene rings is 1. The quantitative estimate of drug-likeness (QED) is 0.616. The van der Waals surface area contributed by atoms with Crippen molar-refractivity contribution in [2.24, 2.45) is 5.92 Å². The van der Waals surface area contributed by atoms with Gasteiger partial charge < -0.3 is 9.64 Å². The molecular weight excluding hydrogens is 313 g/mol. The number of likely N-dealkylation sites (tertiary alicyclic amines) is 1. The van der Waals surface area contributed by atoms with E-state index in [1.165, 1.54) is 24.1 Å². The number of nitrogens with zero attached hydrogens (tertiary/aromatic N) is 1. The average Bonchev–Trinajstić information content (AvgIpc) is 2.68. The normalized spacial score (nSPS) is 18.8. The molecule has 1 unspecified atom stereocenters. The lowest BCUT2D eigenvalue weighted by atomic mass is 10.00. The Morgan fingerprint density at radius 3 is 2.73 bits per heavy atom. The Bertz CT molecular complexity index is 599. The van der Waals surface area contributed by atoms with Crippen molar-refractivity contribution in [3.63, 3.8) is 0 Å². The summed E-state index contributed by atoms with van der Waals surface area (Å²) in [6.07, 6.45) is 0.181. The van der Waals surface area contributed by atoms with Crippen LogP contribution in [0.25, 0.3) is 0 Å². The molecule has 1 aromatic carbocycles. The predicted octanol–water partition coefficient (Wildman–Crippen LogP) is 2.07. The number of carbonyl (C=O) groups is 3. The lowest BCUT2D eigenvalue weighted by Gasteiger charge is -2.21. The van der Waals surface area contributed by atoms with Crippen molar-refractivity contribution >= 4 is 29.3 Å². The number of carbonyl (C=O) groups excluding carboxylic acids is 3. The minimum absolute atomic E-state index is 0.0186. The number of methoxy groups -OCH3 is 1. The largest absolute Gasteiger partial charge is 0.468 e. The fourth-order valence-electron chi connectivity index (χ4n) is 2.43. The number of hydrogen-bond acceptors (Lipinski definition) is 4. The zero-order chi connectivity index (χ0) is 16.3. The highest BCUT2D eigenvalue weighted by atomic mass is 35.5. The zero-order valence-corrected chi connectivity index (χ0v) is 12.7. The predicted molar refractivity (Wildman–Crippen MR) is 77.1 cm³/mol. The molecule has 0 N–H and O–H groups in total. The molecule has 1 atom stereocenters. The Kier molecular flexibility index (Phi) is 5.13. The van der Waals surface area contributed by atoms with Crippen LogP contribution in [0.4, 0.5) is 4.39 Å². The SMILES string of the molecule is COC(=O)C1CCN(C(=O)c2c(F)cccc2Cl)CCC1=O. The third-order valence-corrected chi connectivity index (χ3v) is 3.97. The topological polar surface area (TPSA) is 63.7 Å². The smallest absolute Gasteiger partial charge is 0.316 e. The van der Waals surface area contributed by atoms with Crippen molar-refractivity contribution in [1.29, 1.82) is 0 Å². The van der Waals surface area contributed by atoms with E-state index in [9.17, 15) is 18.8 Å². The van der Waals surface area contributed by atoms with E-state index in [1.54, 1.807) is 0 Å². The van der Waals surface area contributed by atoms with Gasteiger partial charge in [-0.15, -0.1) is 0 Å². The summed E-state index contributed by atoms with van der Waals surface area (Å²) in [6, 6.07) is 3.99. The molecule has 0 aliphatic carbocycles. The minimum atomic E-state index is -0.876. The van der Waals surface area contributed by atoms with Gasteiger partial charge >= 0.3 is 5.97 Å². The van der Waals surface area contributed by atoms with Crippen molar-refractivity contribution in [3.8, 4) is 0 Å². The first-order valence-electron chi connectivity index (χ1n) is 6.79. The van der Waals surface area contributed by atoms with Crippen LogP contribution in [0.5, 0.6) is 0 Å². The van der Waals surface area contributed by atoms with Crippen molar-refractivity contribution in [2.45, 2.75) is 12.8 Å². The molecule has 1 aromatic rings. The third kappa shape index (κ3) is 3.27. The highest BCUT2D eigenvalue weighted by molar-refractivity contribution is 6.33. The molecule has 0 bridgehead atoms. The highest BCUT2D eigenvalue weighted by Crippen LogP contribution is 2.23. The number of ether oxygens (including phenoxy) is 1. The van der Waals surface area contributed by atoms with Crippen molar-refractivity contribution in [3.05, 3.63) is 34.6 Å². The minimum Gasteiger partial charge on any atom is -0.468 e. The fourth-order valence-corrected chi connectivity index (χ4v) is 2.68. The monoisotopic (exact) mass is 327 g/mol. The molecule has 5 nitrogen and oxygen atoms in total. The molecule has 2 rings (SSSR count). The number of halogens is 2. The lowest BCUT2D eigenvalue weighted by molar-refractivity contribution is -0.149. The van der Waals surface area contributed by atoms with Gasteiger partial charge in [0.05, 0.1) is 17.7 Å². The first kappa shape index (κ1) is 16.4. The van der Waals surface area contributed by atoms with Gasteiger partial charge in [0.15, 0.2) is 0 Å². The summed E-state index contributed by atoms with van der Waals surface area (Å²) in [5.41, 5.74) is -0.215. The number of Topliss-reactive ketones (excluding diaryl/α,β-unsaturated/α-hetero) is 1. The van der Waals surface area contributed by atoms with Gasteiger partial charge in [0.1, 0.15) is 17.5 Å². The summed E-state index contributed by atoms with van der Waals surface area (Å²) >= 11 is 5.89. The van der Waals surface area contributed by atoms with Gasteiger partial charge in [0.2, 0.25) is 0 Å². The maximum atomic E-state index is 13.8. The molecule has 1 heterocycles. The summed E-state index contributed by atoms with van der Waals surface area (Å²) < 4.78 is 18.4. The Hall–Kier alpha value is -1.95. The van der Waals surface area contributed by atoms with E-state index in [0.717, 1.165) is 6.07 Å². The molecule has 0 aromatic heterocycles. The molecule has 22 heavy (non-hydrogen) atoms. The van der Waals surface area contributed by atoms with Crippen LogP contribution in [0.2, 0.25) is 5.02 Å². The first-order chi connectivity index (χ1) is 10.5. The third-order valence-electron chi connectivity index (χ3n) is 3.65. The van der Waals surface area contributed by atoms with Gasteiger partial charge in [-0.3, -0.25) is 14.4 Å². The van der Waals surface area contributed by atoms with E-state index in [0.29, 0.717) is 0 Å². The van der Waals surface area contributed by atoms with Crippen LogP contribution in [-0.4, -0.2) is 42.8 Å². The van der Waals surface area contributed by atoms with Crippen LogP contribution in [0.1, 0.15) is 23.2 Å². The van der Waals surface area contributed by atoms with Gasteiger partial charge in [-0.25, -0.2) is 4.39 Å². The molecule has 1 fully saturated rings. The summed E-state index contributed by atoms with van der Waals surface area (Å²) in [6.45, 7) is 0.283. The second kappa shape index (κ2) is 6.87. The molecule has 118 valence electrons. The summed E-state index contributed by atoms with van der Waals surface area (Å²) in [5, 5.41) is 0.0186. The second-order valence-corrected chi connectivity index (χ2v) is 5.38. The second-order valence-electron chi connectivity index (χ2n) is 4.97.